The molecule has 0 bridgehead atoms. The molecule has 0 radical (unpaired) electrons. The van der Waals surface area contributed by atoms with Gasteiger partial charge < -0.3 is 5.11 Å². The van der Waals surface area contributed by atoms with Crippen LogP contribution in [0.2, 0.25) is 0 Å². The Kier molecular flexibility index (Phi) is 2.20. The molecule has 0 aromatic rings. The average Bonchev–Trinajstić information content (AvgIpc) is 2.14. The van der Waals surface area contributed by atoms with Crippen LogP contribution in [-0.4, -0.2) is 22.7 Å². The van der Waals surface area contributed by atoms with Crippen LogP contribution in [0.5, 0.6) is 0 Å². The summed E-state index contributed by atoms with van der Waals surface area (Å²) >= 11 is 1.79. The number of thioether (sulfide) groups is 1. The Morgan fingerprint density at radius 3 is 2.50 bits per heavy atom. The highest BCUT2D eigenvalue weighted by molar-refractivity contribution is 7.99. The van der Waals surface area contributed by atoms with Crippen LogP contribution in [0.15, 0.2) is 0 Å². The van der Waals surface area contributed by atoms with E-state index < -0.39 is 0 Å². The summed E-state index contributed by atoms with van der Waals surface area (Å²) in [5.74, 6) is 0. The molecule has 2 heteroatoms. The zero-order chi connectivity index (χ0) is 5.98. The third-order valence-electron chi connectivity index (χ3n) is 1.72. The van der Waals surface area contributed by atoms with Crippen LogP contribution in [0, 0.1) is 0 Å². The molecule has 1 fully saturated rings. The largest absolute Gasteiger partial charge is 0.392 e. The minimum atomic E-state index is -0.00926. The van der Waals surface area contributed by atoms with E-state index >= 15 is 0 Å². The highest BCUT2D eigenvalue weighted by Crippen LogP contribution is 2.27. The normalized spacial score (nSPS) is 38.2. The molecule has 0 spiro atoms. The topological polar surface area (TPSA) is 20.2 Å². The molecule has 1 nitrogen and oxygen atoms in total. The molecule has 0 saturated heterocycles. The molecule has 1 aliphatic carbocycles. The molecule has 2 atom stereocenters. The maximum atomic E-state index is 9.17. The third kappa shape index (κ3) is 1.17. The van der Waals surface area contributed by atoms with Gasteiger partial charge in [0.15, 0.2) is 0 Å². The van der Waals surface area contributed by atoms with E-state index in [2.05, 4.69) is 6.26 Å². The van der Waals surface area contributed by atoms with Crippen LogP contribution in [0.3, 0.4) is 0 Å². The van der Waals surface area contributed by atoms with Gasteiger partial charge in [0.1, 0.15) is 0 Å². The first-order valence-corrected chi connectivity index (χ1v) is 4.34. The number of aliphatic hydroxyl groups excluding tert-OH is 1. The van der Waals surface area contributed by atoms with Crippen LogP contribution in [-0.2, 0) is 0 Å². The predicted molar refractivity (Wildman–Crippen MR) is 37.2 cm³/mol. The van der Waals surface area contributed by atoms with E-state index in [0.717, 1.165) is 6.42 Å². The highest BCUT2D eigenvalue weighted by Gasteiger charge is 2.23. The van der Waals surface area contributed by atoms with E-state index in [9.17, 15) is 0 Å². The minimum Gasteiger partial charge on any atom is -0.392 e. The van der Waals surface area contributed by atoms with Gasteiger partial charge in [-0.2, -0.15) is 11.8 Å². The summed E-state index contributed by atoms with van der Waals surface area (Å²) in [5.41, 5.74) is 0. The molecule has 0 unspecified atom stereocenters. The number of hydrogen-bond donors (Lipinski definition) is 1. The summed E-state index contributed by atoms with van der Waals surface area (Å²) in [5, 5.41) is 9.71. The van der Waals surface area contributed by atoms with Gasteiger partial charge >= 0.3 is 0 Å². The fourth-order valence-corrected chi connectivity index (χ4v) is 2.03. The van der Waals surface area contributed by atoms with Crippen molar-refractivity contribution in [3.05, 3.63) is 0 Å². The van der Waals surface area contributed by atoms with Crippen molar-refractivity contribution in [3.63, 3.8) is 0 Å². The first-order valence-electron chi connectivity index (χ1n) is 3.05. The van der Waals surface area contributed by atoms with Gasteiger partial charge in [-0.3, -0.25) is 0 Å². The summed E-state index contributed by atoms with van der Waals surface area (Å²) in [6.07, 6.45) is 5.50. The van der Waals surface area contributed by atoms with Crippen molar-refractivity contribution in [1.82, 2.24) is 0 Å². The van der Waals surface area contributed by atoms with Crippen molar-refractivity contribution in [3.8, 4) is 0 Å². The number of hydrogen-bond acceptors (Lipinski definition) is 2. The van der Waals surface area contributed by atoms with E-state index in [1.165, 1.54) is 12.8 Å². The quantitative estimate of drug-likeness (QED) is 0.579. The van der Waals surface area contributed by atoms with Gasteiger partial charge in [0.05, 0.1) is 6.10 Å². The summed E-state index contributed by atoms with van der Waals surface area (Å²) in [4.78, 5) is 0. The molecular formula is C6H12OS. The van der Waals surface area contributed by atoms with Gasteiger partial charge in [-0.25, -0.2) is 0 Å². The lowest BCUT2D eigenvalue weighted by Gasteiger charge is -2.08. The molecule has 8 heavy (non-hydrogen) atoms. The molecular weight excluding hydrogens is 120 g/mol. The monoisotopic (exact) mass is 132 g/mol. The van der Waals surface area contributed by atoms with E-state index in [4.69, 9.17) is 5.11 Å². The van der Waals surface area contributed by atoms with Crippen molar-refractivity contribution >= 4 is 11.8 Å². The second kappa shape index (κ2) is 2.74. The van der Waals surface area contributed by atoms with Gasteiger partial charge in [0, 0.05) is 5.25 Å². The Bertz CT molecular complexity index is 74.9. The van der Waals surface area contributed by atoms with Gasteiger partial charge in [-0.05, 0) is 25.5 Å². The van der Waals surface area contributed by atoms with Crippen molar-refractivity contribution in [1.29, 1.82) is 0 Å². The van der Waals surface area contributed by atoms with Gasteiger partial charge in [0.25, 0.3) is 0 Å². The van der Waals surface area contributed by atoms with Crippen LogP contribution < -0.4 is 0 Å². The Labute approximate surface area is 54.5 Å². The molecule has 0 aliphatic heterocycles. The fourth-order valence-electron chi connectivity index (χ4n) is 1.18. The second-order valence-corrected chi connectivity index (χ2v) is 3.35. The number of rotatable bonds is 1. The molecule has 1 aliphatic rings. The van der Waals surface area contributed by atoms with Crippen LogP contribution in [0.4, 0.5) is 0 Å². The summed E-state index contributed by atoms with van der Waals surface area (Å²) < 4.78 is 0. The lowest BCUT2D eigenvalue weighted by Crippen LogP contribution is -2.14. The fraction of sp³-hybridized carbons (Fsp3) is 1.00. The molecule has 0 heterocycles. The van der Waals surface area contributed by atoms with Crippen LogP contribution in [0.25, 0.3) is 0 Å². The van der Waals surface area contributed by atoms with Crippen molar-refractivity contribution in [2.45, 2.75) is 30.6 Å². The molecule has 1 saturated carbocycles. The first-order chi connectivity index (χ1) is 3.84. The third-order valence-corrected chi connectivity index (χ3v) is 2.88. The standard InChI is InChI=1S/C6H12OS/c1-8-6-4-2-3-5(6)7/h5-7H,2-4H2,1H3/t5-,6-/m0/s1. The zero-order valence-corrected chi connectivity index (χ0v) is 5.95. The second-order valence-electron chi connectivity index (χ2n) is 2.27. The molecule has 0 aromatic carbocycles. The lowest BCUT2D eigenvalue weighted by atomic mass is 10.3. The molecule has 0 aromatic heterocycles. The highest BCUT2D eigenvalue weighted by atomic mass is 32.2. The smallest absolute Gasteiger partial charge is 0.0658 e. The van der Waals surface area contributed by atoms with E-state index in [0.29, 0.717) is 5.25 Å². The predicted octanol–water partition coefficient (Wildman–Crippen LogP) is 1.26. The van der Waals surface area contributed by atoms with Crippen molar-refractivity contribution < 1.29 is 5.11 Å². The Balaban J connectivity index is 2.30. The lowest BCUT2D eigenvalue weighted by molar-refractivity contribution is 0.188. The van der Waals surface area contributed by atoms with Crippen molar-refractivity contribution in [2.24, 2.45) is 0 Å². The van der Waals surface area contributed by atoms with Gasteiger partial charge in [-0.15, -0.1) is 0 Å². The summed E-state index contributed by atoms with van der Waals surface area (Å²) in [6, 6.07) is 0. The van der Waals surface area contributed by atoms with Gasteiger partial charge in [-0.1, -0.05) is 0 Å². The van der Waals surface area contributed by atoms with Gasteiger partial charge in [0.2, 0.25) is 0 Å². The van der Waals surface area contributed by atoms with E-state index in [1.807, 2.05) is 0 Å². The molecule has 1 rings (SSSR count). The maximum absolute atomic E-state index is 9.17. The first kappa shape index (κ1) is 6.43. The molecule has 48 valence electrons. The minimum absolute atomic E-state index is 0.00926. The maximum Gasteiger partial charge on any atom is 0.0658 e. The zero-order valence-electron chi connectivity index (χ0n) is 5.13. The Morgan fingerprint density at radius 2 is 2.25 bits per heavy atom. The molecule has 1 N–H and O–H groups in total. The average molecular weight is 132 g/mol. The summed E-state index contributed by atoms with van der Waals surface area (Å²) in [7, 11) is 0. The van der Waals surface area contributed by atoms with E-state index in [-0.39, 0.29) is 6.10 Å². The number of aliphatic hydroxyl groups is 1. The summed E-state index contributed by atoms with van der Waals surface area (Å²) in [6.45, 7) is 0. The Hall–Kier alpha value is 0.310. The van der Waals surface area contributed by atoms with Crippen LogP contribution >= 0.6 is 11.8 Å². The van der Waals surface area contributed by atoms with Crippen LogP contribution in [0.1, 0.15) is 19.3 Å². The van der Waals surface area contributed by atoms with Crippen molar-refractivity contribution in [2.75, 3.05) is 6.26 Å². The van der Waals surface area contributed by atoms with E-state index in [1.54, 1.807) is 11.8 Å². The SMILES string of the molecule is CS[C@H]1CCC[C@@H]1O. The Morgan fingerprint density at radius 1 is 1.50 bits per heavy atom. The molecule has 0 amide bonds.